The van der Waals surface area contributed by atoms with Crippen LogP contribution in [0.5, 0.6) is 0 Å². The smallest absolute Gasteiger partial charge is 0.331 e. The summed E-state index contributed by atoms with van der Waals surface area (Å²) in [4.78, 5) is 15.3. The molecule has 0 fully saturated rings. The Balaban J connectivity index is 1.99. The average molecular weight is 459 g/mol. The van der Waals surface area contributed by atoms with E-state index >= 15 is 0 Å². The van der Waals surface area contributed by atoms with Crippen LogP contribution in [0.1, 0.15) is 18.1 Å². The standard InChI is InChI=1S/C26H22N2O4S/c1-4-20(13-12-19(3)26(29)30)14-15-21-8-5-6-10-23(21)28-33(31,32)24-11-7-9-22-18(2)16-17-27-25(22)24/h4-13,16-17,28H,1H2,2-3H3,(H,29,30)/b19-12+,20-13+. The number of aliphatic carboxylic acids is 1. The zero-order chi connectivity index (χ0) is 24.0. The van der Waals surface area contributed by atoms with Crippen molar-refractivity contribution in [2.24, 2.45) is 0 Å². The van der Waals surface area contributed by atoms with E-state index < -0.39 is 16.0 Å². The van der Waals surface area contributed by atoms with Gasteiger partial charge >= 0.3 is 5.97 Å². The number of carbonyl (C=O) groups is 1. The number of allylic oxidation sites excluding steroid dienone is 4. The first kappa shape index (κ1) is 23.5. The highest BCUT2D eigenvalue weighted by Gasteiger charge is 2.19. The number of hydrogen-bond acceptors (Lipinski definition) is 4. The minimum Gasteiger partial charge on any atom is -0.478 e. The number of benzene rings is 2. The second kappa shape index (κ2) is 9.98. The lowest BCUT2D eigenvalue weighted by atomic mass is 10.1. The number of carboxylic acid groups (broad SMARTS) is 1. The van der Waals surface area contributed by atoms with Crippen molar-refractivity contribution in [1.29, 1.82) is 0 Å². The predicted octanol–water partition coefficient (Wildman–Crippen LogP) is 4.84. The second-order valence-corrected chi connectivity index (χ2v) is 8.81. The van der Waals surface area contributed by atoms with Gasteiger partial charge in [0, 0.05) is 28.3 Å². The van der Waals surface area contributed by atoms with Crippen molar-refractivity contribution < 1.29 is 18.3 Å². The van der Waals surface area contributed by atoms with Crippen LogP contribution in [0.3, 0.4) is 0 Å². The molecule has 0 saturated carbocycles. The quantitative estimate of drug-likeness (QED) is 0.313. The number of para-hydroxylation sites is 2. The summed E-state index contributed by atoms with van der Waals surface area (Å²) in [5.74, 6) is 4.79. The van der Waals surface area contributed by atoms with E-state index in [1.54, 1.807) is 42.6 Å². The fourth-order valence-electron chi connectivity index (χ4n) is 2.97. The van der Waals surface area contributed by atoms with E-state index in [9.17, 15) is 13.2 Å². The van der Waals surface area contributed by atoms with Crippen LogP contribution in [0.15, 0.2) is 95.6 Å². The number of rotatable bonds is 6. The third kappa shape index (κ3) is 5.56. The van der Waals surface area contributed by atoms with E-state index in [2.05, 4.69) is 28.1 Å². The van der Waals surface area contributed by atoms with Crippen molar-refractivity contribution in [3.8, 4) is 11.8 Å². The molecule has 0 radical (unpaired) electrons. The minimum absolute atomic E-state index is 0.0763. The third-order valence-corrected chi connectivity index (χ3v) is 6.22. The monoisotopic (exact) mass is 458 g/mol. The van der Waals surface area contributed by atoms with Gasteiger partial charge in [-0.25, -0.2) is 13.2 Å². The Labute approximate surface area is 193 Å². The van der Waals surface area contributed by atoms with E-state index in [4.69, 9.17) is 5.11 Å². The number of aromatic nitrogens is 1. The minimum atomic E-state index is -3.94. The van der Waals surface area contributed by atoms with E-state index in [1.165, 1.54) is 25.1 Å². The van der Waals surface area contributed by atoms with Gasteiger partial charge in [0.25, 0.3) is 10.0 Å². The molecule has 166 valence electrons. The number of nitrogens with one attached hydrogen (secondary N) is 1. The number of carboxylic acids is 1. The number of sulfonamides is 1. The molecule has 0 aliphatic rings. The molecule has 1 aromatic heterocycles. The average Bonchev–Trinajstić information content (AvgIpc) is 2.79. The fourth-order valence-corrected chi connectivity index (χ4v) is 4.22. The molecule has 3 rings (SSSR count). The van der Waals surface area contributed by atoms with Crippen LogP contribution < -0.4 is 4.72 Å². The summed E-state index contributed by atoms with van der Waals surface area (Å²) in [6.07, 6.45) is 6.05. The molecule has 33 heavy (non-hydrogen) atoms. The predicted molar refractivity (Wildman–Crippen MR) is 130 cm³/mol. The Bertz CT molecular complexity index is 1470. The van der Waals surface area contributed by atoms with Crippen LogP contribution in [0.4, 0.5) is 5.69 Å². The maximum absolute atomic E-state index is 13.2. The first-order valence-electron chi connectivity index (χ1n) is 9.95. The van der Waals surface area contributed by atoms with E-state index in [1.807, 2.05) is 19.1 Å². The summed E-state index contributed by atoms with van der Waals surface area (Å²) in [7, 11) is -3.94. The Morgan fingerprint density at radius 2 is 1.88 bits per heavy atom. The lowest BCUT2D eigenvalue weighted by Crippen LogP contribution is -2.14. The summed E-state index contributed by atoms with van der Waals surface area (Å²) in [6, 6.07) is 13.6. The maximum atomic E-state index is 13.2. The molecule has 6 nitrogen and oxygen atoms in total. The van der Waals surface area contributed by atoms with Gasteiger partial charge < -0.3 is 5.11 Å². The summed E-state index contributed by atoms with van der Waals surface area (Å²) >= 11 is 0. The van der Waals surface area contributed by atoms with Gasteiger partial charge in [-0.05, 0) is 49.8 Å². The molecular formula is C26H22N2O4S. The first-order chi connectivity index (χ1) is 15.7. The first-order valence-corrected chi connectivity index (χ1v) is 11.4. The lowest BCUT2D eigenvalue weighted by Gasteiger charge is -2.12. The van der Waals surface area contributed by atoms with Gasteiger partial charge in [-0.15, -0.1) is 0 Å². The van der Waals surface area contributed by atoms with Gasteiger partial charge in [0.2, 0.25) is 0 Å². The molecule has 0 amide bonds. The van der Waals surface area contributed by atoms with Gasteiger partial charge in [-0.1, -0.05) is 54.8 Å². The van der Waals surface area contributed by atoms with Crippen LogP contribution in [0, 0.1) is 18.8 Å². The molecule has 0 aliphatic heterocycles. The molecule has 0 aliphatic carbocycles. The molecular weight excluding hydrogens is 436 g/mol. The van der Waals surface area contributed by atoms with Crippen molar-refractivity contribution in [2.75, 3.05) is 4.72 Å². The Morgan fingerprint density at radius 1 is 1.12 bits per heavy atom. The number of fused-ring (bicyclic) bond motifs is 1. The molecule has 0 spiro atoms. The van der Waals surface area contributed by atoms with Crippen LogP contribution in [-0.2, 0) is 14.8 Å². The Kier molecular flexibility index (Phi) is 7.11. The molecule has 2 N–H and O–H groups in total. The molecule has 0 bridgehead atoms. The van der Waals surface area contributed by atoms with Crippen LogP contribution in [0.25, 0.3) is 10.9 Å². The van der Waals surface area contributed by atoms with Gasteiger partial charge in [0.15, 0.2) is 0 Å². The van der Waals surface area contributed by atoms with Crippen molar-refractivity contribution >= 4 is 32.6 Å². The van der Waals surface area contributed by atoms with E-state index in [0.717, 1.165) is 10.9 Å². The highest BCUT2D eigenvalue weighted by Crippen LogP contribution is 2.26. The topological polar surface area (TPSA) is 96.4 Å². The molecule has 3 aromatic rings. The van der Waals surface area contributed by atoms with Crippen LogP contribution in [-0.4, -0.2) is 24.5 Å². The number of aryl methyl sites for hydroxylation is 1. The molecule has 1 heterocycles. The zero-order valence-corrected chi connectivity index (χ0v) is 19.0. The molecule has 7 heteroatoms. The number of pyridine rings is 1. The van der Waals surface area contributed by atoms with E-state index in [0.29, 0.717) is 22.3 Å². The second-order valence-electron chi connectivity index (χ2n) is 7.16. The van der Waals surface area contributed by atoms with E-state index in [-0.39, 0.29) is 10.5 Å². The fraction of sp³-hybridized carbons (Fsp3) is 0.0769. The highest BCUT2D eigenvalue weighted by atomic mass is 32.2. The van der Waals surface area contributed by atoms with Crippen molar-refractivity contribution in [1.82, 2.24) is 4.98 Å². The third-order valence-electron chi connectivity index (χ3n) is 4.82. The largest absolute Gasteiger partial charge is 0.478 e. The van der Waals surface area contributed by atoms with Crippen LogP contribution >= 0.6 is 0 Å². The normalized spacial score (nSPS) is 12.1. The van der Waals surface area contributed by atoms with Gasteiger partial charge in [0.05, 0.1) is 11.2 Å². The van der Waals surface area contributed by atoms with Crippen molar-refractivity contribution in [3.63, 3.8) is 0 Å². The summed E-state index contributed by atoms with van der Waals surface area (Å²) in [6.45, 7) is 7.06. The van der Waals surface area contributed by atoms with Gasteiger partial charge in [0.1, 0.15) is 4.90 Å². The van der Waals surface area contributed by atoms with Crippen molar-refractivity contribution in [3.05, 3.63) is 102 Å². The maximum Gasteiger partial charge on any atom is 0.331 e. The van der Waals surface area contributed by atoms with Gasteiger partial charge in [-0.2, -0.15) is 0 Å². The van der Waals surface area contributed by atoms with Gasteiger partial charge in [-0.3, -0.25) is 9.71 Å². The number of nitrogens with zero attached hydrogens (tertiary/aromatic N) is 1. The number of hydrogen-bond donors (Lipinski definition) is 2. The Hall–Kier alpha value is -4.15. The zero-order valence-electron chi connectivity index (χ0n) is 18.2. The molecule has 0 unspecified atom stereocenters. The van der Waals surface area contributed by atoms with Crippen molar-refractivity contribution in [2.45, 2.75) is 18.7 Å². The Morgan fingerprint density at radius 3 is 2.61 bits per heavy atom. The summed E-state index contributed by atoms with van der Waals surface area (Å²) < 4.78 is 29.1. The number of anilines is 1. The summed E-state index contributed by atoms with van der Waals surface area (Å²) in [5, 5.41) is 9.73. The molecule has 0 saturated heterocycles. The SMILES string of the molecule is C=C/C(C#Cc1ccccc1NS(=O)(=O)c1cccc2c(C)ccnc12)=C\C=C(/C)C(=O)O. The lowest BCUT2D eigenvalue weighted by molar-refractivity contribution is -0.132. The van der Waals surface area contributed by atoms with Crippen LogP contribution in [0.2, 0.25) is 0 Å². The molecule has 2 aromatic carbocycles. The summed E-state index contributed by atoms with van der Waals surface area (Å²) in [5.41, 5.74) is 2.74. The molecule has 0 atom stereocenters. The highest BCUT2D eigenvalue weighted by molar-refractivity contribution is 7.93.